The van der Waals surface area contributed by atoms with E-state index in [1.54, 1.807) is 29.2 Å². The summed E-state index contributed by atoms with van der Waals surface area (Å²) in [6.45, 7) is 2.82. The second-order valence-electron chi connectivity index (χ2n) is 3.06. The molecular weight excluding hydrogens is 192 g/mol. The molecule has 0 amide bonds. The van der Waals surface area contributed by atoms with Crippen molar-refractivity contribution in [1.29, 1.82) is 0 Å². The minimum Gasteiger partial charge on any atom is -0.436 e. The van der Waals surface area contributed by atoms with Crippen LogP contribution >= 0.6 is 0 Å². The fourth-order valence-corrected chi connectivity index (χ4v) is 1.17. The van der Waals surface area contributed by atoms with E-state index in [2.05, 4.69) is 10.1 Å². The van der Waals surface area contributed by atoms with E-state index in [-0.39, 0.29) is 0 Å². The molecule has 0 bridgehead atoms. The smallest absolute Gasteiger partial charge is 0.221 e. The molecule has 0 atom stereocenters. The van der Waals surface area contributed by atoms with Gasteiger partial charge in [-0.05, 0) is 13.0 Å². The Kier molecular flexibility index (Phi) is 2.53. The van der Waals surface area contributed by atoms with Crippen molar-refractivity contribution in [2.75, 3.05) is 5.73 Å². The largest absolute Gasteiger partial charge is 0.436 e. The lowest BCUT2D eigenvalue weighted by atomic mass is 10.4. The van der Waals surface area contributed by atoms with E-state index in [0.29, 0.717) is 17.3 Å². The second kappa shape index (κ2) is 4.00. The number of ether oxygens (including phenoxy) is 1. The van der Waals surface area contributed by atoms with Crippen LogP contribution in [0.2, 0.25) is 0 Å². The number of pyridine rings is 1. The number of hydrogen-bond acceptors (Lipinski definition) is 4. The highest BCUT2D eigenvalue weighted by Crippen LogP contribution is 2.19. The van der Waals surface area contributed by atoms with Crippen molar-refractivity contribution in [3.05, 3.63) is 30.7 Å². The Morgan fingerprint density at radius 2 is 2.40 bits per heavy atom. The van der Waals surface area contributed by atoms with E-state index < -0.39 is 0 Å². The standard InChI is InChI=1S/C10H12N4O/c1-2-14-7-9(6-13-14)15-10-5-8(11)3-4-12-10/h3-7H,2H2,1H3,(H2,11,12). The molecule has 15 heavy (non-hydrogen) atoms. The van der Waals surface area contributed by atoms with Crippen LogP contribution in [-0.4, -0.2) is 14.8 Å². The Bertz CT molecular complexity index is 452. The van der Waals surface area contributed by atoms with Gasteiger partial charge in [0.1, 0.15) is 0 Å². The first kappa shape index (κ1) is 9.51. The van der Waals surface area contributed by atoms with Gasteiger partial charge in [-0.2, -0.15) is 5.10 Å². The van der Waals surface area contributed by atoms with Crippen LogP contribution in [0.3, 0.4) is 0 Å². The first-order chi connectivity index (χ1) is 7.28. The first-order valence-corrected chi connectivity index (χ1v) is 4.70. The zero-order valence-corrected chi connectivity index (χ0v) is 8.42. The van der Waals surface area contributed by atoms with Gasteiger partial charge in [0.2, 0.25) is 5.88 Å². The third-order valence-corrected chi connectivity index (χ3v) is 1.91. The number of hydrogen-bond donors (Lipinski definition) is 1. The van der Waals surface area contributed by atoms with E-state index >= 15 is 0 Å². The van der Waals surface area contributed by atoms with Crippen LogP contribution in [0.5, 0.6) is 11.6 Å². The van der Waals surface area contributed by atoms with Gasteiger partial charge in [0, 0.05) is 24.5 Å². The minimum atomic E-state index is 0.477. The van der Waals surface area contributed by atoms with Gasteiger partial charge in [0.05, 0.1) is 12.4 Å². The van der Waals surface area contributed by atoms with Crippen LogP contribution in [0.1, 0.15) is 6.92 Å². The molecule has 0 aliphatic heterocycles. The maximum atomic E-state index is 5.60. The summed E-state index contributed by atoms with van der Waals surface area (Å²) in [6.07, 6.45) is 5.06. The number of nitrogens with two attached hydrogens (primary N) is 1. The minimum absolute atomic E-state index is 0.477. The Hall–Kier alpha value is -2.04. The molecule has 0 radical (unpaired) electrons. The van der Waals surface area contributed by atoms with Gasteiger partial charge in [0.15, 0.2) is 5.75 Å². The van der Waals surface area contributed by atoms with Crippen LogP contribution < -0.4 is 10.5 Å². The van der Waals surface area contributed by atoms with Crippen molar-refractivity contribution >= 4 is 5.69 Å². The molecule has 0 saturated carbocycles. The van der Waals surface area contributed by atoms with Crippen molar-refractivity contribution in [2.24, 2.45) is 0 Å². The van der Waals surface area contributed by atoms with Crippen LogP contribution in [-0.2, 0) is 6.54 Å². The summed E-state index contributed by atoms with van der Waals surface area (Å²) in [5.41, 5.74) is 6.23. The molecule has 0 saturated heterocycles. The highest BCUT2D eigenvalue weighted by Gasteiger charge is 2.01. The molecule has 0 aromatic carbocycles. The zero-order valence-electron chi connectivity index (χ0n) is 8.42. The summed E-state index contributed by atoms with van der Waals surface area (Å²) in [4.78, 5) is 4.03. The predicted molar refractivity (Wildman–Crippen MR) is 56.6 cm³/mol. The van der Waals surface area contributed by atoms with Crippen LogP contribution in [0.4, 0.5) is 5.69 Å². The van der Waals surface area contributed by atoms with Gasteiger partial charge in [-0.15, -0.1) is 0 Å². The Balaban J connectivity index is 2.14. The predicted octanol–water partition coefficient (Wildman–Crippen LogP) is 1.67. The summed E-state index contributed by atoms with van der Waals surface area (Å²) in [6, 6.07) is 3.38. The van der Waals surface area contributed by atoms with Crippen LogP contribution in [0.15, 0.2) is 30.7 Å². The molecule has 0 aliphatic carbocycles. The molecule has 2 N–H and O–H groups in total. The molecule has 0 unspecified atom stereocenters. The maximum absolute atomic E-state index is 5.60. The first-order valence-electron chi connectivity index (χ1n) is 4.70. The number of rotatable bonds is 3. The molecule has 2 aromatic rings. The molecule has 0 spiro atoms. The van der Waals surface area contributed by atoms with Crippen molar-refractivity contribution in [1.82, 2.24) is 14.8 Å². The van der Waals surface area contributed by atoms with E-state index in [9.17, 15) is 0 Å². The van der Waals surface area contributed by atoms with E-state index in [4.69, 9.17) is 10.5 Å². The highest BCUT2D eigenvalue weighted by molar-refractivity contribution is 5.40. The molecule has 5 nitrogen and oxygen atoms in total. The van der Waals surface area contributed by atoms with Crippen LogP contribution in [0.25, 0.3) is 0 Å². The number of aromatic nitrogens is 3. The fraction of sp³-hybridized carbons (Fsp3) is 0.200. The molecule has 0 fully saturated rings. The van der Waals surface area contributed by atoms with Crippen molar-refractivity contribution < 1.29 is 4.74 Å². The monoisotopic (exact) mass is 204 g/mol. The molecule has 2 aromatic heterocycles. The number of nitrogens with zero attached hydrogens (tertiary/aromatic N) is 3. The SMILES string of the molecule is CCn1cc(Oc2cc(N)ccn2)cn1. The van der Waals surface area contributed by atoms with Gasteiger partial charge < -0.3 is 10.5 Å². The lowest BCUT2D eigenvalue weighted by Gasteiger charge is -2.01. The van der Waals surface area contributed by atoms with Crippen molar-refractivity contribution in [3.8, 4) is 11.6 Å². The number of aryl methyl sites for hydroxylation is 1. The quantitative estimate of drug-likeness (QED) is 0.825. The van der Waals surface area contributed by atoms with E-state index in [1.165, 1.54) is 0 Å². The topological polar surface area (TPSA) is 66.0 Å². The van der Waals surface area contributed by atoms with Gasteiger partial charge in [-0.3, -0.25) is 4.68 Å². The second-order valence-corrected chi connectivity index (χ2v) is 3.06. The summed E-state index contributed by atoms with van der Waals surface area (Å²) >= 11 is 0. The molecule has 2 rings (SSSR count). The van der Waals surface area contributed by atoms with Gasteiger partial charge in [-0.1, -0.05) is 0 Å². The fourth-order valence-electron chi connectivity index (χ4n) is 1.17. The Morgan fingerprint density at radius 1 is 1.53 bits per heavy atom. The molecule has 0 aliphatic rings. The third kappa shape index (κ3) is 2.25. The van der Waals surface area contributed by atoms with Crippen molar-refractivity contribution in [3.63, 3.8) is 0 Å². The Labute approximate surface area is 87.5 Å². The molecule has 2 heterocycles. The normalized spacial score (nSPS) is 10.2. The Morgan fingerprint density at radius 3 is 3.07 bits per heavy atom. The highest BCUT2D eigenvalue weighted by atomic mass is 16.5. The average molecular weight is 204 g/mol. The zero-order chi connectivity index (χ0) is 10.7. The summed E-state index contributed by atoms with van der Waals surface area (Å²) in [5.74, 6) is 1.14. The molecular formula is C10H12N4O. The van der Waals surface area contributed by atoms with Gasteiger partial charge >= 0.3 is 0 Å². The third-order valence-electron chi connectivity index (χ3n) is 1.91. The lowest BCUT2D eigenvalue weighted by molar-refractivity contribution is 0.462. The number of nitrogen functional groups attached to an aromatic ring is 1. The lowest BCUT2D eigenvalue weighted by Crippen LogP contribution is -1.92. The van der Waals surface area contributed by atoms with E-state index in [0.717, 1.165) is 6.54 Å². The summed E-state index contributed by atoms with van der Waals surface area (Å²) < 4.78 is 7.25. The van der Waals surface area contributed by atoms with E-state index in [1.807, 2.05) is 13.1 Å². The summed E-state index contributed by atoms with van der Waals surface area (Å²) in [5, 5.41) is 4.09. The molecule has 5 heteroatoms. The maximum Gasteiger partial charge on any atom is 0.221 e. The summed E-state index contributed by atoms with van der Waals surface area (Å²) in [7, 11) is 0. The van der Waals surface area contributed by atoms with Crippen molar-refractivity contribution in [2.45, 2.75) is 13.5 Å². The average Bonchev–Trinajstić information content (AvgIpc) is 2.65. The van der Waals surface area contributed by atoms with Crippen LogP contribution in [0, 0.1) is 0 Å². The molecule has 78 valence electrons. The van der Waals surface area contributed by atoms with Gasteiger partial charge in [-0.25, -0.2) is 4.98 Å². The number of anilines is 1. The van der Waals surface area contributed by atoms with Gasteiger partial charge in [0.25, 0.3) is 0 Å².